The van der Waals surface area contributed by atoms with Crippen LogP contribution in [0.3, 0.4) is 0 Å². The predicted molar refractivity (Wildman–Crippen MR) is 115 cm³/mol. The van der Waals surface area contributed by atoms with Gasteiger partial charge in [-0.05, 0) is 18.6 Å². The molecule has 0 aliphatic carbocycles. The number of aryl methyl sites for hydroxylation is 1. The van der Waals surface area contributed by atoms with Crippen molar-refractivity contribution >= 4 is 40.6 Å². The Labute approximate surface area is 194 Å². The Morgan fingerprint density at radius 2 is 2.18 bits per heavy atom. The molecule has 8 nitrogen and oxygen atoms in total. The molecule has 2 aromatic heterocycles. The lowest BCUT2D eigenvalue weighted by molar-refractivity contribution is -0.602. The van der Waals surface area contributed by atoms with Gasteiger partial charge in [-0.3, -0.25) is 4.79 Å². The first-order chi connectivity index (χ1) is 15.9. The van der Waals surface area contributed by atoms with Gasteiger partial charge in [0.25, 0.3) is 6.43 Å². The third-order valence-corrected chi connectivity index (χ3v) is 6.59. The Hall–Kier alpha value is -3.09. The number of halogens is 4. The van der Waals surface area contributed by atoms with E-state index in [-0.39, 0.29) is 26.9 Å². The summed E-state index contributed by atoms with van der Waals surface area (Å²) in [6.07, 6.45) is -0.343. The van der Waals surface area contributed by atoms with Gasteiger partial charge in [-0.25, -0.2) is 27.8 Å². The zero-order valence-corrected chi connectivity index (χ0v) is 18.4. The van der Waals surface area contributed by atoms with E-state index in [4.69, 9.17) is 11.6 Å². The summed E-state index contributed by atoms with van der Waals surface area (Å²) in [4.78, 5) is 21.3. The molecule has 0 spiro atoms. The fourth-order valence-corrected chi connectivity index (χ4v) is 4.85. The molecule has 2 aliphatic rings. The number of carbonyl (C=O) groups is 1. The van der Waals surface area contributed by atoms with Crippen LogP contribution in [0.5, 0.6) is 0 Å². The van der Waals surface area contributed by atoms with Gasteiger partial charge in [0.1, 0.15) is 32.3 Å². The second kappa shape index (κ2) is 8.69. The SMILES string of the molecule is O=C(NC1CCn2nc(-c3cccc(F)c3)nc2C1)C1=C(c2nc(C(F)F)c(Cl)s2)C=N[NH2+]1. The summed E-state index contributed by atoms with van der Waals surface area (Å²) in [6.45, 7) is 0.536. The molecule has 1 aromatic carbocycles. The number of quaternary nitrogens is 1. The van der Waals surface area contributed by atoms with Crippen LogP contribution < -0.4 is 10.7 Å². The number of rotatable bonds is 5. The molecular formula is C20H16ClF3N7OS+. The molecule has 33 heavy (non-hydrogen) atoms. The average Bonchev–Trinajstić information content (AvgIpc) is 3.51. The second-order valence-electron chi connectivity index (χ2n) is 7.46. The summed E-state index contributed by atoms with van der Waals surface area (Å²) >= 11 is 6.74. The van der Waals surface area contributed by atoms with Crippen LogP contribution in [0.1, 0.15) is 29.4 Å². The Morgan fingerprint density at radius 1 is 1.33 bits per heavy atom. The lowest BCUT2D eigenvalue weighted by Gasteiger charge is -2.22. The third kappa shape index (κ3) is 4.28. The van der Waals surface area contributed by atoms with E-state index in [0.29, 0.717) is 42.2 Å². The van der Waals surface area contributed by atoms with E-state index in [2.05, 4.69) is 25.5 Å². The number of thiazole rings is 1. The van der Waals surface area contributed by atoms with E-state index in [0.717, 1.165) is 11.3 Å². The summed E-state index contributed by atoms with van der Waals surface area (Å²) in [7, 11) is 0. The molecule has 0 fully saturated rings. The van der Waals surface area contributed by atoms with Crippen molar-refractivity contribution in [2.45, 2.75) is 31.9 Å². The highest BCUT2D eigenvalue weighted by atomic mass is 35.5. The maximum atomic E-state index is 13.5. The topological polar surface area (TPSA) is 102 Å². The molecule has 170 valence electrons. The quantitative estimate of drug-likeness (QED) is 0.532. The second-order valence-corrected chi connectivity index (χ2v) is 9.06. The summed E-state index contributed by atoms with van der Waals surface area (Å²) in [6, 6.07) is 5.84. The van der Waals surface area contributed by atoms with E-state index < -0.39 is 18.0 Å². The Bertz CT molecular complexity index is 1300. The molecule has 1 unspecified atom stereocenters. The van der Waals surface area contributed by atoms with Crippen LogP contribution in [0.2, 0.25) is 4.34 Å². The van der Waals surface area contributed by atoms with Crippen LogP contribution >= 0.6 is 22.9 Å². The van der Waals surface area contributed by atoms with Gasteiger partial charge in [0.05, 0.1) is 6.21 Å². The van der Waals surface area contributed by atoms with Crippen LogP contribution in [0.4, 0.5) is 13.2 Å². The minimum Gasteiger partial charge on any atom is -0.344 e. The molecule has 4 heterocycles. The van der Waals surface area contributed by atoms with Crippen LogP contribution in [-0.2, 0) is 17.8 Å². The number of carbonyl (C=O) groups excluding carboxylic acids is 1. The van der Waals surface area contributed by atoms with E-state index in [9.17, 15) is 18.0 Å². The van der Waals surface area contributed by atoms with Crippen LogP contribution in [-0.4, -0.2) is 37.9 Å². The van der Waals surface area contributed by atoms with Gasteiger partial charge in [-0.1, -0.05) is 28.8 Å². The van der Waals surface area contributed by atoms with Gasteiger partial charge in [0.15, 0.2) is 5.82 Å². The summed E-state index contributed by atoms with van der Waals surface area (Å²) in [5, 5.41) is 11.6. The van der Waals surface area contributed by atoms with Crippen LogP contribution in [0.15, 0.2) is 35.1 Å². The number of alkyl halides is 2. The zero-order chi connectivity index (χ0) is 23.1. The summed E-state index contributed by atoms with van der Waals surface area (Å²) < 4.78 is 41.2. The van der Waals surface area contributed by atoms with Crippen LogP contribution in [0.25, 0.3) is 17.0 Å². The van der Waals surface area contributed by atoms with E-state index in [1.807, 2.05) is 0 Å². The zero-order valence-electron chi connectivity index (χ0n) is 16.8. The number of hydrogen-bond donors (Lipinski definition) is 2. The monoisotopic (exact) mass is 494 g/mol. The Kier molecular flexibility index (Phi) is 5.72. The first kappa shape index (κ1) is 21.7. The predicted octanol–water partition coefficient (Wildman–Crippen LogP) is 2.54. The number of allylic oxidation sites excluding steroid dienone is 1. The van der Waals surface area contributed by atoms with Gasteiger partial charge < -0.3 is 5.32 Å². The van der Waals surface area contributed by atoms with Crippen molar-refractivity contribution in [2.75, 3.05) is 0 Å². The van der Waals surface area contributed by atoms with Crippen molar-refractivity contribution in [1.29, 1.82) is 0 Å². The minimum absolute atomic E-state index is 0.117. The highest BCUT2D eigenvalue weighted by Crippen LogP contribution is 2.34. The van der Waals surface area contributed by atoms with Crippen molar-refractivity contribution in [2.24, 2.45) is 5.10 Å². The number of aromatic nitrogens is 4. The molecule has 2 aliphatic heterocycles. The number of nitrogens with two attached hydrogens (primary N) is 1. The molecule has 0 radical (unpaired) electrons. The lowest BCUT2D eigenvalue weighted by Crippen LogP contribution is -2.77. The number of amides is 1. The van der Waals surface area contributed by atoms with Crippen molar-refractivity contribution in [3.05, 3.63) is 56.6 Å². The highest BCUT2D eigenvalue weighted by Gasteiger charge is 2.31. The molecule has 1 amide bonds. The number of nitrogens with zero attached hydrogens (tertiary/aromatic N) is 5. The fraction of sp³-hybridized carbons (Fsp3) is 0.250. The van der Waals surface area contributed by atoms with Crippen molar-refractivity contribution < 1.29 is 23.4 Å². The smallest absolute Gasteiger partial charge is 0.308 e. The number of nitrogens with one attached hydrogen (secondary N) is 1. The minimum atomic E-state index is -2.81. The molecule has 3 N–H and O–H groups in total. The number of fused-ring (bicyclic) bond motifs is 1. The highest BCUT2D eigenvalue weighted by molar-refractivity contribution is 7.17. The van der Waals surface area contributed by atoms with Crippen LogP contribution in [0, 0.1) is 5.82 Å². The van der Waals surface area contributed by atoms with Gasteiger partial charge >= 0.3 is 5.91 Å². The van der Waals surface area contributed by atoms with Crippen molar-refractivity contribution in [1.82, 2.24) is 25.1 Å². The van der Waals surface area contributed by atoms with E-state index in [1.54, 1.807) is 16.8 Å². The molecule has 13 heteroatoms. The summed E-state index contributed by atoms with van der Waals surface area (Å²) in [5.41, 5.74) is 2.02. The van der Waals surface area contributed by atoms with Gasteiger partial charge in [-0.2, -0.15) is 10.5 Å². The Balaban J connectivity index is 1.32. The summed E-state index contributed by atoms with van der Waals surface area (Å²) in [5.74, 6) is 0.344. The van der Waals surface area contributed by atoms with E-state index in [1.165, 1.54) is 23.8 Å². The molecule has 3 aromatic rings. The van der Waals surface area contributed by atoms with Gasteiger partial charge in [-0.15, -0.1) is 11.3 Å². The molecule has 1 atom stereocenters. The lowest BCUT2D eigenvalue weighted by atomic mass is 10.1. The third-order valence-electron chi connectivity index (χ3n) is 5.27. The Morgan fingerprint density at radius 3 is 2.94 bits per heavy atom. The normalized spacial score (nSPS) is 17.7. The van der Waals surface area contributed by atoms with Gasteiger partial charge in [0, 0.05) is 24.6 Å². The maximum absolute atomic E-state index is 13.5. The molecule has 0 saturated heterocycles. The molecule has 0 saturated carbocycles. The fourth-order valence-electron chi connectivity index (χ4n) is 3.68. The van der Waals surface area contributed by atoms with Crippen molar-refractivity contribution in [3.8, 4) is 11.4 Å². The van der Waals surface area contributed by atoms with Gasteiger partial charge in [0.2, 0.25) is 5.70 Å². The average molecular weight is 495 g/mol. The largest absolute Gasteiger partial charge is 0.344 e. The standard InChI is InChI=1S/C20H15ClF3N7OS/c21-16-15(17(23)24)28-20(33-16)12-8-25-29-14(12)19(32)26-11-4-5-31-13(7-11)27-18(30-31)9-2-1-3-10(22)6-9/h1-3,6,8,11,17H,4-5,7H2,(H,25,29)(H,26,32)/p+1. The molecule has 5 rings (SSSR count). The number of benzene rings is 1. The first-order valence-electron chi connectivity index (χ1n) is 9.95. The number of hydrogen-bond acceptors (Lipinski definition) is 6. The maximum Gasteiger partial charge on any atom is 0.308 e. The molecular weight excluding hydrogens is 479 g/mol. The molecule has 0 bridgehead atoms. The first-order valence-corrected chi connectivity index (χ1v) is 11.1. The van der Waals surface area contributed by atoms with E-state index >= 15 is 0 Å². The van der Waals surface area contributed by atoms with Crippen molar-refractivity contribution in [3.63, 3.8) is 0 Å².